The van der Waals surface area contributed by atoms with Gasteiger partial charge in [-0.1, -0.05) is 18.9 Å². The molecule has 28 heavy (non-hydrogen) atoms. The van der Waals surface area contributed by atoms with Crippen molar-refractivity contribution in [2.45, 2.75) is 25.7 Å². The molecule has 2 heterocycles. The van der Waals surface area contributed by atoms with Gasteiger partial charge in [-0.2, -0.15) is 0 Å². The molecule has 0 saturated carbocycles. The van der Waals surface area contributed by atoms with Crippen LogP contribution in [-0.2, 0) is 0 Å². The minimum absolute atomic E-state index is 0.150. The highest BCUT2D eigenvalue weighted by Gasteiger charge is 2.28. The number of nitrogens with one attached hydrogen (secondary N) is 1. The van der Waals surface area contributed by atoms with E-state index in [4.69, 9.17) is 9.37 Å². The number of benzene rings is 2. The van der Waals surface area contributed by atoms with Gasteiger partial charge < -0.3 is 15.0 Å². The van der Waals surface area contributed by atoms with E-state index in [0.717, 1.165) is 31.6 Å². The topological polar surface area (TPSA) is 107 Å². The van der Waals surface area contributed by atoms with Gasteiger partial charge in [-0.15, -0.1) is 0 Å². The molecule has 1 fully saturated rings. The van der Waals surface area contributed by atoms with Gasteiger partial charge in [-0.25, -0.2) is 4.63 Å². The summed E-state index contributed by atoms with van der Waals surface area (Å²) in [5.41, 5.74) is 2.24. The summed E-state index contributed by atoms with van der Waals surface area (Å²) in [4.78, 5) is 13.6. The maximum Gasteiger partial charge on any atom is 0.324 e. The minimum atomic E-state index is -0.457. The lowest BCUT2D eigenvalue weighted by atomic mass is 10.1. The molecule has 1 saturated heterocycles. The van der Waals surface area contributed by atoms with E-state index in [1.807, 2.05) is 18.2 Å². The molecule has 146 valence electrons. The van der Waals surface area contributed by atoms with Gasteiger partial charge in [0.2, 0.25) is 5.52 Å². The van der Waals surface area contributed by atoms with Gasteiger partial charge in [0, 0.05) is 24.8 Å². The van der Waals surface area contributed by atoms with Crippen molar-refractivity contribution in [3.8, 4) is 5.75 Å². The smallest absolute Gasteiger partial charge is 0.324 e. The monoisotopic (exact) mass is 383 g/mol. The van der Waals surface area contributed by atoms with Crippen LogP contribution in [0.4, 0.5) is 22.7 Å². The molecule has 9 nitrogen and oxygen atoms in total. The van der Waals surface area contributed by atoms with Crippen LogP contribution in [0.1, 0.15) is 25.7 Å². The van der Waals surface area contributed by atoms with Gasteiger partial charge in [0.15, 0.2) is 5.52 Å². The lowest BCUT2D eigenvalue weighted by molar-refractivity contribution is -0.382. The number of nitro groups is 1. The number of anilines is 3. The zero-order valence-corrected chi connectivity index (χ0v) is 15.6. The van der Waals surface area contributed by atoms with E-state index in [-0.39, 0.29) is 11.2 Å². The van der Waals surface area contributed by atoms with Crippen LogP contribution in [0.25, 0.3) is 11.0 Å². The summed E-state index contributed by atoms with van der Waals surface area (Å²) >= 11 is 0. The summed E-state index contributed by atoms with van der Waals surface area (Å²) in [5, 5.41) is 22.8. The predicted molar refractivity (Wildman–Crippen MR) is 105 cm³/mol. The summed E-state index contributed by atoms with van der Waals surface area (Å²) < 4.78 is 10.1. The van der Waals surface area contributed by atoms with E-state index in [1.54, 1.807) is 19.2 Å². The van der Waals surface area contributed by atoms with Gasteiger partial charge in [-0.05, 0) is 41.4 Å². The molecular formula is C19H21N5O4. The first kappa shape index (κ1) is 18.0. The van der Waals surface area contributed by atoms with E-state index in [1.165, 1.54) is 12.8 Å². The van der Waals surface area contributed by atoms with E-state index < -0.39 is 4.92 Å². The molecule has 3 aromatic rings. The molecule has 0 spiro atoms. The quantitative estimate of drug-likeness (QED) is 0.514. The molecule has 1 aliphatic heterocycles. The zero-order valence-electron chi connectivity index (χ0n) is 15.6. The Morgan fingerprint density at radius 3 is 2.61 bits per heavy atom. The first-order chi connectivity index (χ1) is 13.7. The first-order valence-corrected chi connectivity index (χ1v) is 9.27. The van der Waals surface area contributed by atoms with Crippen LogP contribution in [-0.4, -0.2) is 35.4 Å². The van der Waals surface area contributed by atoms with E-state index in [0.29, 0.717) is 22.6 Å². The van der Waals surface area contributed by atoms with Gasteiger partial charge >= 0.3 is 5.69 Å². The van der Waals surface area contributed by atoms with Crippen LogP contribution >= 0.6 is 0 Å². The largest absolute Gasteiger partial charge is 0.497 e. The summed E-state index contributed by atoms with van der Waals surface area (Å²) in [6.07, 6.45) is 4.50. The van der Waals surface area contributed by atoms with Gasteiger partial charge in [0.05, 0.1) is 17.7 Å². The number of hydrogen-bond donors (Lipinski definition) is 1. The molecule has 4 rings (SSSR count). The number of fused-ring (bicyclic) bond motifs is 1. The number of nitrogens with zero attached hydrogens (tertiary/aromatic N) is 4. The highest BCUT2D eigenvalue weighted by Crippen LogP contribution is 2.40. The van der Waals surface area contributed by atoms with Crippen LogP contribution in [0.5, 0.6) is 5.75 Å². The van der Waals surface area contributed by atoms with Crippen molar-refractivity contribution in [3.63, 3.8) is 0 Å². The van der Waals surface area contributed by atoms with E-state index in [9.17, 15) is 10.1 Å². The molecule has 1 aromatic heterocycles. The van der Waals surface area contributed by atoms with Crippen LogP contribution in [0.3, 0.4) is 0 Å². The normalized spacial score (nSPS) is 14.7. The number of rotatable bonds is 5. The average Bonchev–Trinajstić information content (AvgIpc) is 3.01. The molecule has 9 heteroatoms. The van der Waals surface area contributed by atoms with E-state index in [2.05, 4.69) is 20.5 Å². The number of methoxy groups -OCH3 is 1. The Morgan fingerprint density at radius 1 is 1.14 bits per heavy atom. The van der Waals surface area contributed by atoms with Crippen molar-refractivity contribution in [1.82, 2.24) is 10.3 Å². The first-order valence-electron chi connectivity index (χ1n) is 9.27. The molecule has 0 aliphatic carbocycles. The zero-order chi connectivity index (χ0) is 19.5. The fourth-order valence-electron chi connectivity index (χ4n) is 3.60. The van der Waals surface area contributed by atoms with Crippen LogP contribution in [0.15, 0.2) is 35.0 Å². The van der Waals surface area contributed by atoms with Crippen molar-refractivity contribution in [2.75, 3.05) is 30.4 Å². The van der Waals surface area contributed by atoms with Crippen LogP contribution in [0.2, 0.25) is 0 Å². The Kier molecular flexibility index (Phi) is 4.96. The molecular weight excluding hydrogens is 362 g/mol. The molecule has 1 aliphatic rings. The lowest BCUT2D eigenvalue weighted by Gasteiger charge is -2.23. The summed E-state index contributed by atoms with van der Waals surface area (Å²) in [6, 6.07) is 9.00. The third kappa shape index (κ3) is 3.42. The minimum Gasteiger partial charge on any atom is -0.497 e. The van der Waals surface area contributed by atoms with Crippen molar-refractivity contribution in [2.24, 2.45) is 0 Å². The third-order valence-corrected chi connectivity index (χ3v) is 4.97. The maximum absolute atomic E-state index is 11.8. The van der Waals surface area contributed by atoms with Crippen LogP contribution < -0.4 is 15.0 Å². The molecule has 2 aromatic carbocycles. The van der Waals surface area contributed by atoms with E-state index >= 15 is 0 Å². The standard InChI is InChI=1S/C19H21N5O4/c1-27-14-8-6-7-13(11-14)20-15-12-16(23-9-4-2-3-5-10-23)17-18(22-28-21-17)19(15)24(25)26/h6-8,11-12,20H,2-5,9-10H2,1H3. The maximum atomic E-state index is 11.8. The lowest BCUT2D eigenvalue weighted by Crippen LogP contribution is -2.24. The van der Waals surface area contributed by atoms with Crippen molar-refractivity contribution >= 4 is 33.8 Å². The number of hydrogen-bond acceptors (Lipinski definition) is 8. The number of nitro benzene ring substituents is 1. The summed E-state index contributed by atoms with van der Waals surface area (Å²) in [7, 11) is 1.58. The Balaban J connectivity index is 1.83. The highest BCUT2D eigenvalue weighted by molar-refractivity contribution is 6.00. The molecule has 0 unspecified atom stereocenters. The van der Waals surface area contributed by atoms with Gasteiger partial charge in [0.1, 0.15) is 11.4 Å². The third-order valence-electron chi connectivity index (χ3n) is 4.97. The second-order valence-corrected chi connectivity index (χ2v) is 6.77. The molecule has 0 amide bonds. The second kappa shape index (κ2) is 7.71. The average molecular weight is 383 g/mol. The van der Waals surface area contributed by atoms with Crippen molar-refractivity contribution in [1.29, 1.82) is 0 Å². The van der Waals surface area contributed by atoms with Crippen molar-refractivity contribution < 1.29 is 14.3 Å². The number of aromatic nitrogens is 2. The molecule has 0 atom stereocenters. The molecule has 0 bridgehead atoms. The Bertz CT molecular complexity index is 995. The van der Waals surface area contributed by atoms with Crippen LogP contribution in [0, 0.1) is 10.1 Å². The number of ether oxygens (including phenoxy) is 1. The fraction of sp³-hybridized carbons (Fsp3) is 0.368. The molecule has 1 N–H and O–H groups in total. The highest BCUT2D eigenvalue weighted by atomic mass is 16.6. The SMILES string of the molecule is COc1cccc(Nc2cc(N3CCCCCC3)c3nonc3c2[N+](=O)[O-])c1. The summed E-state index contributed by atoms with van der Waals surface area (Å²) in [6.45, 7) is 1.75. The Labute approximate surface area is 161 Å². The molecule has 0 radical (unpaired) electrons. The Morgan fingerprint density at radius 2 is 1.89 bits per heavy atom. The van der Waals surface area contributed by atoms with Gasteiger partial charge in [0.25, 0.3) is 0 Å². The van der Waals surface area contributed by atoms with Gasteiger partial charge in [-0.3, -0.25) is 10.1 Å². The van der Waals surface area contributed by atoms with Crippen molar-refractivity contribution in [3.05, 3.63) is 40.4 Å². The predicted octanol–water partition coefficient (Wildman–Crippen LogP) is 4.26. The fourth-order valence-corrected chi connectivity index (χ4v) is 3.60. The Hall–Kier alpha value is -3.36. The second-order valence-electron chi connectivity index (χ2n) is 6.77. The summed E-state index contributed by atoms with van der Waals surface area (Å²) in [5.74, 6) is 0.657.